The lowest BCUT2D eigenvalue weighted by atomic mass is 10.1. The Hall–Kier alpha value is -1.85. The van der Waals surface area contributed by atoms with E-state index in [-0.39, 0.29) is 6.07 Å². The zero-order chi connectivity index (χ0) is 12.3. The van der Waals surface area contributed by atoms with Crippen LogP contribution in [0.25, 0.3) is 6.08 Å². The monoisotopic (exact) mass is 234 g/mol. The molecule has 0 aliphatic heterocycles. The van der Waals surface area contributed by atoms with E-state index in [1.54, 1.807) is 0 Å². The van der Waals surface area contributed by atoms with Crippen LogP contribution >= 0.6 is 0 Å². The fourth-order valence-electron chi connectivity index (χ4n) is 0.957. The largest absolute Gasteiger partial charge is 0.466 e. The van der Waals surface area contributed by atoms with Gasteiger partial charge in [-0.3, -0.25) is 0 Å². The van der Waals surface area contributed by atoms with Crippen molar-refractivity contribution in [3.8, 4) is 0 Å². The predicted octanol–water partition coefficient (Wildman–Crippen LogP) is 2.43. The maximum absolute atomic E-state index is 13.0. The molecule has 0 bridgehead atoms. The molecule has 2 nitrogen and oxygen atoms in total. The molecule has 0 radical (unpaired) electrons. The molecule has 0 heterocycles. The average Bonchev–Trinajstić information content (AvgIpc) is 2.26. The second-order valence-electron chi connectivity index (χ2n) is 2.74. The molecule has 16 heavy (non-hydrogen) atoms. The van der Waals surface area contributed by atoms with E-state index in [2.05, 4.69) is 4.74 Å². The van der Waals surface area contributed by atoms with E-state index in [0.717, 1.165) is 7.11 Å². The number of benzene rings is 1. The number of rotatable bonds is 2. The Labute approximate surface area is 88.1 Å². The SMILES string of the molecule is COC(=O)C=Cc1c(F)c(F)cc(F)c1F. The number of halogens is 4. The third-order valence-corrected chi connectivity index (χ3v) is 1.73. The minimum absolute atomic E-state index is 0.0835. The van der Waals surface area contributed by atoms with E-state index in [0.29, 0.717) is 12.2 Å². The molecule has 0 unspecified atom stereocenters. The first kappa shape index (κ1) is 12.2. The van der Waals surface area contributed by atoms with Crippen LogP contribution in [0.2, 0.25) is 0 Å². The molecular formula is C10H6F4O2. The highest BCUT2D eigenvalue weighted by molar-refractivity contribution is 5.87. The molecule has 0 aromatic heterocycles. The molecule has 6 heteroatoms. The van der Waals surface area contributed by atoms with Crippen LogP contribution in [0, 0.1) is 23.3 Å². The van der Waals surface area contributed by atoms with Crippen LogP contribution in [0.3, 0.4) is 0 Å². The number of methoxy groups -OCH3 is 1. The molecule has 1 aromatic carbocycles. The summed E-state index contributed by atoms with van der Waals surface area (Å²) in [5.74, 6) is -7.12. The summed E-state index contributed by atoms with van der Waals surface area (Å²) in [5, 5.41) is 0. The Morgan fingerprint density at radius 1 is 1.19 bits per heavy atom. The highest BCUT2D eigenvalue weighted by Crippen LogP contribution is 2.20. The number of carbonyl (C=O) groups is 1. The van der Waals surface area contributed by atoms with Gasteiger partial charge < -0.3 is 4.74 Å². The van der Waals surface area contributed by atoms with Gasteiger partial charge in [-0.05, 0) is 6.08 Å². The first-order chi connectivity index (χ1) is 7.47. The van der Waals surface area contributed by atoms with Crippen molar-refractivity contribution in [1.29, 1.82) is 0 Å². The van der Waals surface area contributed by atoms with Gasteiger partial charge in [0, 0.05) is 12.1 Å². The Bertz CT molecular complexity index is 428. The van der Waals surface area contributed by atoms with E-state index >= 15 is 0 Å². The highest BCUT2D eigenvalue weighted by Gasteiger charge is 2.16. The summed E-state index contributed by atoms with van der Waals surface area (Å²) in [6.45, 7) is 0. The predicted molar refractivity (Wildman–Crippen MR) is 47.3 cm³/mol. The van der Waals surface area contributed by atoms with Gasteiger partial charge in [0.2, 0.25) is 0 Å². The first-order valence-corrected chi connectivity index (χ1v) is 4.06. The van der Waals surface area contributed by atoms with Crippen molar-refractivity contribution in [2.75, 3.05) is 7.11 Å². The quantitative estimate of drug-likeness (QED) is 0.340. The van der Waals surface area contributed by atoms with Crippen molar-refractivity contribution in [2.45, 2.75) is 0 Å². The van der Waals surface area contributed by atoms with Gasteiger partial charge >= 0.3 is 5.97 Å². The molecular weight excluding hydrogens is 228 g/mol. The van der Waals surface area contributed by atoms with Crippen LogP contribution in [0.15, 0.2) is 12.1 Å². The summed E-state index contributed by atoms with van der Waals surface area (Å²) in [6, 6.07) is 0.0835. The number of ether oxygens (including phenoxy) is 1. The summed E-state index contributed by atoms with van der Waals surface area (Å²) in [4.78, 5) is 10.6. The summed E-state index contributed by atoms with van der Waals surface area (Å²) in [6.07, 6.45) is 1.25. The van der Waals surface area contributed by atoms with Crippen LogP contribution in [0.4, 0.5) is 17.6 Å². The van der Waals surface area contributed by atoms with Gasteiger partial charge in [-0.25, -0.2) is 22.4 Å². The topological polar surface area (TPSA) is 26.3 Å². The van der Waals surface area contributed by atoms with Crippen molar-refractivity contribution in [3.63, 3.8) is 0 Å². The van der Waals surface area contributed by atoms with Crippen molar-refractivity contribution in [3.05, 3.63) is 41.0 Å². The number of carbonyl (C=O) groups excluding carboxylic acids is 1. The molecule has 0 atom stereocenters. The molecule has 0 saturated carbocycles. The van der Waals surface area contributed by atoms with Gasteiger partial charge in [0.1, 0.15) is 0 Å². The van der Waals surface area contributed by atoms with Crippen LogP contribution in [0.1, 0.15) is 5.56 Å². The Balaban J connectivity index is 3.22. The van der Waals surface area contributed by atoms with E-state index in [9.17, 15) is 22.4 Å². The molecule has 0 saturated heterocycles. The second kappa shape index (κ2) is 4.78. The minimum atomic E-state index is -1.57. The van der Waals surface area contributed by atoms with Crippen molar-refractivity contribution in [2.24, 2.45) is 0 Å². The van der Waals surface area contributed by atoms with Gasteiger partial charge in [-0.2, -0.15) is 0 Å². The van der Waals surface area contributed by atoms with Crippen molar-refractivity contribution in [1.82, 2.24) is 0 Å². The van der Waals surface area contributed by atoms with E-state index in [4.69, 9.17) is 0 Å². The van der Waals surface area contributed by atoms with Crippen LogP contribution in [-0.2, 0) is 9.53 Å². The van der Waals surface area contributed by atoms with Gasteiger partial charge in [-0.1, -0.05) is 0 Å². The molecule has 0 N–H and O–H groups in total. The van der Waals surface area contributed by atoms with E-state index < -0.39 is 34.8 Å². The number of hydrogen-bond acceptors (Lipinski definition) is 2. The maximum atomic E-state index is 13.0. The fraction of sp³-hybridized carbons (Fsp3) is 0.100. The average molecular weight is 234 g/mol. The Kier molecular flexibility index (Phi) is 3.65. The van der Waals surface area contributed by atoms with Crippen molar-refractivity contribution >= 4 is 12.0 Å². The smallest absolute Gasteiger partial charge is 0.330 e. The molecule has 1 aromatic rings. The number of hydrogen-bond donors (Lipinski definition) is 0. The summed E-state index contributed by atoms with van der Waals surface area (Å²) >= 11 is 0. The lowest BCUT2D eigenvalue weighted by molar-refractivity contribution is -0.134. The molecule has 0 spiro atoms. The second-order valence-corrected chi connectivity index (χ2v) is 2.74. The molecule has 86 valence electrons. The third-order valence-electron chi connectivity index (χ3n) is 1.73. The lowest BCUT2D eigenvalue weighted by Gasteiger charge is -2.01. The molecule has 0 fully saturated rings. The third kappa shape index (κ3) is 2.39. The molecule has 0 aliphatic carbocycles. The maximum Gasteiger partial charge on any atom is 0.330 e. The van der Waals surface area contributed by atoms with E-state index in [1.807, 2.05) is 0 Å². The summed E-state index contributed by atoms with van der Waals surface area (Å²) < 4.78 is 55.6. The summed E-state index contributed by atoms with van der Waals surface area (Å²) in [5.41, 5.74) is -0.970. The van der Waals surface area contributed by atoms with Gasteiger partial charge in [0.05, 0.1) is 12.7 Å². The van der Waals surface area contributed by atoms with Gasteiger partial charge in [-0.15, -0.1) is 0 Å². The standard InChI is InChI=1S/C10H6F4O2/c1-16-8(15)3-2-5-9(13)6(11)4-7(12)10(5)14/h2-4H,1H3. The van der Waals surface area contributed by atoms with Crippen LogP contribution in [0.5, 0.6) is 0 Å². The van der Waals surface area contributed by atoms with Crippen LogP contribution in [-0.4, -0.2) is 13.1 Å². The summed E-state index contributed by atoms with van der Waals surface area (Å²) in [7, 11) is 1.05. The Morgan fingerprint density at radius 3 is 2.12 bits per heavy atom. The van der Waals surface area contributed by atoms with Crippen LogP contribution < -0.4 is 0 Å². The van der Waals surface area contributed by atoms with Gasteiger partial charge in [0.15, 0.2) is 23.3 Å². The molecule has 0 amide bonds. The zero-order valence-corrected chi connectivity index (χ0v) is 8.06. The molecule has 0 aliphatic rings. The van der Waals surface area contributed by atoms with E-state index in [1.165, 1.54) is 0 Å². The highest BCUT2D eigenvalue weighted by atomic mass is 19.2. The van der Waals surface area contributed by atoms with Gasteiger partial charge in [0.25, 0.3) is 0 Å². The Morgan fingerprint density at radius 2 is 1.69 bits per heavy atom. The minimum Gasteiger partial charge on any atom is -0.466 e. The van der Waals surface area contributed by atoms with Crippen molar-refractivity contribution < 1.29 is 27.1 Å². The fourth-order valence-corrected chi connectivity index (χ4v) is 0.957. The normalized spacial score (nSPS) is 10.8. The zero-order valence-electron chi connectivity index (χ0n) is 8.06. The lowest BCUT2D eigenvalue weighted by Crippen LogP contribution is -1.99. The first-order valence-electron chi connectivity index (χ1n) is 4.06. The molecule has 1 rings (SSSR count). The number of esters is 1.